The minimum Gasteiger partial charge on any atom is -0.364 e. The van der Waals surface area contributed by atoms with E-state index in [1.54, 1.807) is 0 Å². The second kappa shape index (κ2) is 5.79. The molecule has 1 aliphatic carbocycles. The number of carbonyl (C=O) groups is 2. The van der Waals surface area contributed by atoms with Crippen LogP contribution in [0.4, 0.5) is 0 Å². The number of nitrogens with zero attached hydrogens (tertiary/aromatic N) is 1. The summed E-state index contributed by atoms with van der Waals surface area (Å²) < 4.78 is 0. The van der Waals surface area contributed by atoms with E-state index in [1.165, 1.54) is 17.8 Å². The third-order valence-electron chi connectivity index (χ3n) is 5.03. The zero-order valence-electron chi connectivity index (χ0n) is 13.2. The Morgan fingerprint density at radius 2 is 1.92 bits per heavy atom. The van der Waals surface area contributed by atoms with Crippen molar-refractivity contribution in [2.75, 3.05) is 13.1 Å². The van der Waals surface area contributed by atoms with Gasteiger partial charge in [-0.25, -0.2) is 0 Å². The van der Waals surface area contributed by atoms with Crippen LogP contribution >= 0.6 is 0 Å². The molecule has 0 bridgehead atoms. The van der Waals surface area contributed by atoms with Crippen LogP contribution in [-0.4, -0.2) is 40.8 Å². The Labute approximate surface area is 140 Å². The van der Waals surface area contributed by atoms with Crippen LogP contribution in [0.25, 0.3) is 0 Å². The summed E-state index contributed by atoms with van der Waals surface area (Å²) in [6.07, 6.45) is 1.52. The smallest absolute Gasteiger partial charge is 0.265 e. The molecule has 4 rings (SSSR count). The summed E-state index contributed by atoms with van der Waals surface area (Å²) >= 11 is 0. The van der Waals surface area contributed by atoms with E-state index in [9.17, 15) is 9.59 Å². The molecule has 2 fully saturated rings. The maximum absolute atomic E-state index is 12.2. The lowest BCUT2D eigenvalue weighted by Gasteiger charge is -2.19. The summed E-state index contributed by atoms with van der Waals surface area (Å²) in [4.78, 5) is 28.5. The van der Waals surface area contributed by atoms with Gasteiger partial charge in [0.05, 0.1) is 5.56 Å². The van der Waals surface area contributed by atoms with Gasteiger partial charge >= 0.3 is 0 Å². The van der Waals surface area contributed by atoms with Gasteiger partial charge in [-0.3, -0.25) is 14.5 Å². The van der Waals surface area contributed by atoms with Gasteiger partial charge in [0.25, 0.3) is 11.8 Å². The first kappa shape index (κ1) is 15.0. The highest BCUT2D eigenvalue weighted by molar-refractivity contribution is 5.98. The zero-order valence-corrected chi connectivity index (χ0v) is 13.2. The molecule has 2 heterocycles. The van der Waals surface area contributed by atoms with Gasteiger partial charge in [-0.05, 0) is 23.5 Å². The highest BCUT2D eigenvalue weighted by Crippen LogP contribution is 2.45. The SMILES string of the molecule is NC(=O)c1cc(C(=O)NC2[C@H]3CN(Cc4ccccc4)C[C@@H]23)c[nH]1. The Kier molecular flexibility index (Phi) is 3.61. The molecule has 0 spiro atoms. The fraction of sp³-hybridized carbons (Fsp3) is 0.333. The molecule has 1 saturated carbocycles. The Balaban J connectivity index is 1.29. The molecule has 1 aliphatic heterocycles. The Hall–Kier alpha value is -2.60. The number of piperidine rings is 1. The zero-order chi connectivity index (χ0) is 16.7. The minimum atomic E-state index is -0.561. The van der Waals surface area contributed by atoms with Crippen LogP contribution in [0.1, 0.15) is 26.4 Å². The number of benzene rings is 1. The molecule has 2 aliphatic rings. The van der Waals surface area contributed by atoms with E-state index in [-0.39, 0.29) is 17.6 Å². The maximum Gasteiger partial charge on any atom is 0.265 e. The van der Waals surface area contributed by atoms with E-state index in [0.717, 1.165) is 19.6 Å². The topological polar surface area (TPSA) is 91.2 Å². The predicted octanol–water partition coefficient (Wildman–Crippen LogP) is 0.974. The number of aromatic nitrogens is 1. The fourth-order valence-electron chi connectivity index (χ4n) is 3.70. The number of hydrogen-bond acceptors (Lipinski definition) is 3. The van der Waals surface area contributed by atoms with Gasteiger partial charge in [0, 0.05) is 31.9 Å². The number of carbonyl (C=O) groups excluding carboxylic acids is 2. The average Bonchev–Trinajstić information content (AvgIpc) is 3.01. The Morgan fingerprint density at radius 1 is 1.21 bits per heavy atom. The molecule has 1 aromatic heterocycles. The molecule has 3 atom stereocenters. The summed E-state index contributed by atoms with van der Waals surface area (Å²) in [6, 6.07) is 12.2. The summed E-state index contributed by atoms with van der Waals surface area (Å²) in [5, 5.41) is 3.07. The summed E-state index contributed by atoms with van der Waals surface area (Å²) in [6.45, 7) is 3.00. The van der Waals surface area contributed by atoms with Crippen molar-refractivity contribution in [2.45, 2.75) is 12.6 Å². The molecular formula is C18H20N4O2. The third kappa shape index (κ3) is 2.80. The maximum atomic E-state index is 12.2. The number of rotatable bonds is 5. The number of likely N-dealkylation sites (tertiary alicyclic amines) is 1. The highest BCUT2D eigenvalue weighted by Gasteiger charge is 2.56. The van der Waals surface area contributed by atoms with Gasteiger partial charge in [-0.15, -0.1) is 0 Å². The van der Waals surface area contributed by atoms with E-state index >= 15 is 0 Å². The fourth-order valence-corrected chi connectivity index (χ4v) is 3.70. The van der Waals surface area contributed by atoms with Gasteiger partial charge in [0.1, 0.15) is 5.69 Å². The second-order valence-corrected chi connectivity index (χ2v) is 6.67. The molecule has 124 valence electrons. The number of H-pyrrole nitrogens is 1. The molecule has 6 heteroatoms. The van der Waals surface area contributed by atoms with Gasteiger partial charge in [0.15, 0.2) is 0 Å². The molecule has 1 aromatic carbocycles. The van der Waals surface area contributed by atoms with Crippen LogP contribution in [-0.2, 0) is 6.54 Å². The third-order valence-corrected chi connectivity index (χ3v) is 5.03. The molecule has 6 nitrogen and oxygen atoms in total. The highest BCUT2D eigenvalue weighted by atomic mass is 16.2. The van der Waals surface area contributed by atoms with Gasteiger partial charge in [-0.1, -0.05) is 30.3 Å². The van der Waals surface area contributed by atoms with Crippen molar-refractivity contribution in [3.05, 3.63) is 59.4 Å². The molecule has 24 heavy (non-hydrogen) atoms. The van der Waals surface area contributed by atoms with Crippen molar-refractivity contribution in [1.29, 1.82) is 0 Å². The first-order valence-corrected chi connectivity index (χ1v) is 8.17. The Morgan fingerprint density at radius 3 is 2.54 bits per heavy atom. The van der Waals surface area contributed by atoms with Crippen LogP contribution in [0, 0.1) is 11.8 Å². The van der Waals surface area contributed by atoms with Gasteiger partial charge < -0.3 is 16.0 Å². The number of nitrogens with two attached hydrogens (primary N) is 1. The van der Waals surface area contributed by atoms with E-state index < -0.39 is 5.91 Å². The van der Waals surface area contributed by atoms with Gasteiger partial charge in [-0.2, -0.15) is 0 Å². The van der Waals surface area contributed by atoms with Crippen LogP contribution in [0.2, 0.25) is 0 Å². The lowest BCUT2D eigenvalue weighted by molar-refractivity contribution is 0.0942. The quantitative estimate of drug-likeness (QED) is 0.765. The van der Waals surface area contributed by atoms with E-state index in [4.69, 9.17) is 5.73 Å². The monoisotopic (exact) mass is 324 g/mol. The number of primary amides is 1. The van der Waals surface area contributed by atoms with Crippen molar-refractivity contribution in [1.82, 2.24) is 15.2 Å². The molecule has 1 unspecified atom stereocenters. The normalized spacial score (nSPS) is 25.2. The lowest BCUT2D eigenvalue weighted by Crippen LogP contribution is -2.34. The average molecular weight is 324 g/mol. The number of nitrogens with one attached hydrogen (secondary N) is 2. The standard InChI is InChI=1S/C18H20N4O2/c19-17(23)15-6-12(7-20-15)18(24)21-16-13-9-22(10-14(13)16)8-11-4-2-1-3-5-11/h1-7,13-14,16,20H,8-10H2,(H2,19,23)(H,21,24)/t13-,14+,16?. The molecule has 4 N–H and O–H groups in total. The van der Waals surface area contributed by atoms with Crippen molar-refractivity contribution in [3.8, 4) is 0 Å². The minimum absolute atomic E-state index is 0.146. The second-order valence-electron chi connectivity index (χ2n) is 6.67. The van der Waals surface area contributed by atoms with Crippen molar-refractivity contribution >= 4 is 11.8 Å². The summed E-state index contributed by atoms with van der Waals surface area (Å²) in [7, 11) is 0. The molecule has 2 amide bonds. The molecule has 0 radical (unpaired) electrons. The largest absolute Gasteiger partial charge is 0.364 e. The first-order valence-electron chi connectivity index (χ1n) is 8.17. The summed E-state index contributed by atoms with van der Waals surface area (Å²) in [5.41, 5.74) is 7.22. The molecule has 1 saturated heterocycles. The molecule has 2 aromatic rings. The number of aromatic amines is 1. The van der Waals surface area contributed by atoms with Crippen LogP contribution < -0.4 is 11.1 Å². The lowest BCUT2D eigenvalue weighted by atomic mass is 10.2. The van der Waals surface area contributed by atoms with Crippen molar-refractivity contribution in [3.63, 3.8) is 0 Å². The number of amides is 2. The Bertz CT molecular complexity index is 758. The van der Waals surface area contributed by atoms with Crippen molar-refractivity contribution < 1.29 is 9.59 Å². The predicted molar refractivity (Wildman–Crippen MR) is 89.3 cm³/mol. The number of fused-ring (bicyclic) bond motifs is 1. The van der Waals surface area contributed by atoms with Crippen LogP contribution in [0.3, 0.4) is 0 Å². The van der Waals surface area contributed by atoms with E-state index in [1.807, 2.05) is 6.07 Å². The van der Waals surface area contributed by atoms with Crippen LogP contribution in [0.15, 0.2) is 42.6 Å². The number of hydrogen-bond donors (Lipinski definition) is 3. The molecular weight excluding hydrogens is 304 g/mol. The van der Waals surface area contributed by atoms with Gasteiger partial charge in [0.2, 0.25) is 0 Å². The van der Waals surface area contributed by atoms with Crippen molar-refractivity contribution in [2.24, 2.45) is 17.6 Å². The summed E-state index contributed by atoms with van der Waals surface area (Å²) in [5.74, 6) is 0.362. The van der Waals surface area contributed by atoms with E-state index in [2.05, 4.69) is 39.5 Å². The first-order chi connectivity index (χ1) is 11.6. The van der Waals surface area contributed by atoms with Crippen LogP contribution in [0.5, 0.6) is 0 Å². The van der Waals surface area contributed by atoms with E-state index in [0.29, 0.717) is 17.4 Å².